The Morgan fingerprint density at radius 3 is 2.54 bits per heavy atom. The minimum atomic E-state index is -0.422. The molecule has 0 atom stereocenters. The van der Waals surface area contributed by atoms with E-state index in [0.29, 0.717) is 0 Å². The van der Waals surface area contributed by atoms with E-state index in [9.17, 15) is 9.59 Å². The number of carbonyl (C=O) groups excluding carboxylic acids is 2. The highest BCUT2D eigenvalue weighted by Gasteiger charge is 2.11. The summed E-state index contributed by atoms with van der Waals surface area (Å²) in [6.07, 6.45) is 2.07. The summed E-state index contributed by atoms with van der Waals surface area (Å²) in [7, 11) is 0. The third-order valence-electron chi connectivity index (χ3n) is 3.96. The lowest BCUT2D eigenvalue weighted by Crippen LogP contribution is -2.22. The summed E-state index contributed by atoms with van der Waals surface area (Å²) < 4.78 is 5.14. The Kier molecular flexibility index (Phi) is 5.92. The second kappa shape index (κ2) is 8.54. The van der Waals surface area contributed by atoms with E-state index in [1.165, 1.54) is 0 Å². The maximum Gasteiger partial charge on any atom is 0.310 e. The van der Waals surface area contributed by atoms with Gasteiger partial charge in [-0.2, -0.15) is 0 Å². The normalized spacial score (nSPS) is 10.5. The number of hydrogen-bond donors (Lipinski definition) is 1. The first kappa shape index (κ1) is 18.0. The van der Waals surface area contributed by atoms with Crippen LogP contribution in [0.15, 0.2) is 71.6 Å². The number of amides is 1. The van der Waals surface area contributed by atoms with Gasteiger partial charge in [0.25, 0.3) is 5.91 Å². The molecule has 1 amide bonds. The van der Waals surface area contributed by atoms with Crippen LogP contribution >= 0.6 is 11.8 Å². The van der Waals surface area contributed by atoms with E-state index in [0.717, 1.165) is 26.9 Å². The zero-order valence-electron chi connectivity index (χ0n) is 14.4. The van der Waals surface area contributed by atoms with Gasteiger partial charge < -0.3 is 10.1 Å². The molecule has 0 saturated heterocycles. The Hall–Kier alpha value is -2.79. The van der Waals surface area contributed by atoms with Crippen LogP contribution in [0.4, 0.5) is 5.69 Å². The number of nitrogens with one attached hydrogen (secondary N) is 1. The molecule has 4 nitrogen and oxygen atoms in total. The average Bonchev–Trinajstić information content (AvgIpc) is 2.67. The largest absolute Gasteiger partial charge is 0.455 e. The van der Waals surface area contributed by atoms with Crippen molar-refractivity contribution >= 4 is 40.1 Å². The molecule has 0 aromatic heterocycles. The predicted molar refractivity (Wildman–Crippen MR) is 105 cm³/mol. The van der Waals surface area contributed by atoms with Gasteiger partial charge in [-0.1, -0.05) is 54.6 Å². The highest BCUT2D eigenvalue weighted by atomic mass is 32.2. The molecule has 0 saturated carbocycles. The third kappa shape index (κ3) is 4.43. The van der Waals surface area contributed by atoms with E-state index in [1.807, 2.05) is 73.0 Å². The first-order valence-electron chi connectivity index (χ1n) is 8.22. The number of esters is 1. The molecular formula is C21H19NO3S. The van der Waals surface area contributed by atoms with Crippen molar-refractivity contribution in [2.75, 3.05) is 18.2 Å². The summed E-state index contributed by atoms with van der Waals surface area (Å²) in [4.78, 5) is 25.1. The fourth-order valence-electron chi connectivity index (χ4n) is 2.73. The number of anilines is 1. The van der Waals surface area contributed by atoms with Crippen LogP contribution in [-0.4, -0.2) is 24.7 Å². The van der Waals surface area contributed by atoms with Crippen LogP contribution in [0, 0.1) is 0 Å². The van der Waals surface area contributed by atoms with Crippen molar-refractivity contribution in [3.8, 4) is 0 Å². The van der Waals surface area contributed by atoms with E-state index < -0.39 is 5.97 Å². The molecule has 0 aliphatic heterocycles. The number of carbonyl (C=O) groups is 2. The Bertz CT molecular complexity index is 934. The van der Waals surface area contributed by atoms with Gasteiger partial charge in [-0.05, 0) is 34.7 Å². The molecule has 3 aromatic rings. The van der Waals surface area contributed by atoms with Crippen molar-refractivity contribution < 1.29 is 14.3 Å². The van der Waals surface area contributed by atoms with E-state index in [-0.39, 0.29) is 18.9 Å². The maximum atomic E-state index is 12.1. The number of thioether (sulfide) groups is 1. The molecule has 3 aromatic carbocycles. The first-order chi connectivity index (χ1) is 12.7. The van der Waals surface area contributed by atoms with Crippen LogP contribution < -0.4 is 5.32 Å². The van der Waals surface area contributed by atoms with Gasteiger partial charge in [-0.3, -0.25) is 9.59 Å². The number of benzene rings is 3. The van der Waals surface area contributed by atoms with Gasteiger partial charge in [0.05, 0.1) is 12.1 Å². The van der Waals surface area contributed by atoms with Gasteiger partial charge in [0.15, 0.2) is 6.61 Å². The average molecular weight is 365 g/mol. The van der Waals surface area contributed by atoms with E-state index in [4.69, 9.17) is 4.74 Å². The number of rotatable bonds is 6. The molecule has 26 heavy (non-hydrogen) atoms. The van der Waals surface area contributed by atoms with Crippen LogP contribution in [0.5, 0.6) is 0 Å². The van der Waals surface area contributed by atoms with Crippen molar-refractivity contribution in [2.24, 2.45) is 0 Å². The lowest BCUT2D eigenvalue weighted by Gasteiger charge is -2.10. The van der Waals surface area contributed by atoms with Gasteiger partial charge in [0.1, 0.15) is 0 Å². The van der Waals surface area contributed by atoms with Crippen molar-refractivity contribution in [3.63, 3.8) is 0 Å². The fraction of sp³-hybridized carbons (Fsp3) is 0.143. The molecule has 0 aliphatic rings. The Labute approximate surface area is 156 Å². The van der Waals surface area contributed by atoms with Gasteiger partial charge >= 0.3 is 5.97 Å². The number of ether oxygens (including phenoxy) is 1. The minimum Gasteiger partial charge on any atom is -0.455 e. The molecule has 132 valence electrons. The van der Waals surface area contributed by atoms with Crippen molar-refractivity contribution in [1.29, 1.82) is 0 Å². The summed E-state index contributed by atoms with van der Waals surface area (Å²) in [6, 6.07) is 21.2. The summed E-state index contributed by atoms with van der Waals surface area (Å²) in [5.41, 5.74) is 1.61. The van der Waals surface area contributed by atoms with Gasteiger partial charge in [0.2, 0.25) is 0 Å². The smallest absolute Gasteiger partial charge is 0.310 e. The van der Waals surface area contributed by atoms with E-state index in [1.54, 1.807) is 11.8 Å². The molecule has 1 N–H and O–H groups in total. The number of hydrogen-bond acceptors (Lipinski definition) is 4. The lowest BCUT2D eigenvalue weighted by atomic mass is 10.0. The third-order valence-corrected chi connectivity index (χ3v) is 4.76. The quantitative estimate of drug-likeness (QED) is 0.523. The fourth-order valence-corrected chi connectivity index (χ4v) is 3.29. The second-order valence-electron chi connectivity index (χ2n) is 5.72. The molecular weight excluding hydrogens is 346 g/mol. The monoisotopic (exact) mass is 365 g/mol. The number of para-hydroxylation sites is 1. The second-order valence-corrected chi connectivity index (χ2v) is 6.57. The lowest BCUT2D eigenvalue weighted by molar-refractivity contribution is -0.146. The van der Waals surface area contributed by atoms with Crippen LogP contribution in [0.1, 0.15) is 5.56 Å². The SMILES string of the molecule is CSc1ccccc1NC(=O)COC(=O)Cc1cccc2ccccc12. The van der Waals surface area contributed by atoms with Gasteiger partial charge in [-0.15, -0.1) is 11.8 Å². The Balaban J connectivity index is 1.57. The van der Waals surface area contributed by atoms with Crippen LogP contribution in [-0.2, 0) is 20.7 Å². The Morgan fingerprint density at radius 2 is 1.69 bits per heavy atom. The van der Waals surface area contributed by atoms with Crippen molar-refractivity contribution in [2.45, 2.75) is 11.3 Å². The van der Waals surface area contributed by atoms with Gasteiger partial charge in [0, 0.05) is 4.90 Å². The van der Waals surface area contributed by atoms with Crippen LogP contribution in [0.2, 0.25) is 0 Å². The van der Waals surface area contributed by atoms with Crippen LogP contribution in [0.25, 0.3) is 10.8 Å². The van der Waals surface area contributed by atoms with E-state index >= 15 is 0 Å². The van der Waals surface area contributed by atoms with Gasteiger partial charge in [-0.25, -0.2) is 0 Å². The van der Waals surface area contributed by atoms with Crippen molar-refractivity contribution in [3.05, 3.63) is 72.3 Å². The first-order valence-corrected chi connectivity index (χ1v) is 9.45. The maximum absolute atomic E-state index is 12.1. The highest BCUT2D eigenvalue weighted by Crippen LogP contribution is 2.24. The summed E-state index contributed by atoms with van der Waals surface area (Å²) >= 11 is 1.54. The molecule has 0 spiro atoms. The molecule has 0 aliphatic carbocycles. The molecule has 0 fully saturated rings. The number of fused-ring (bicyclic) bond motifs is 1. The van der Waals surface area contributed by atoms with E-state index in [2.05, 4.69) is 5.32 Å². The molecule has 0 unspecified atom stereocenters. The summed E-state index contributed by atoms with van der Waals surface area (Å²) in [6.45, 7) is -0.299. The predicted octanol–water partition coefficient (Wildman–Crippen LogP) is 4.29. The minimum absolute atomic E-state index is 0.135. The van der Waals surface area contributed by atoms with Crippen molar-refractivity contribution in [1.82, 2.24) is 0 Å². The molecule has 0 heterocycles. The summed E-state index contributed by atoms with van der Waals surface area (Å²) in [5.74, 6) is -0.771. The molecule has 3 rings (SSSR count). The topological polar surface area (TPSA) is 55.4 Å². The summed E-state index contributed by atoms with van der Waals surface area (Å²) in [5, 5.41) is 4.87. The zero-order chi connectivity index (χ0) is 18.4. The molecule has 0 radical (unpaired) electrons. The molecule has 5 heteroatoms. The van der Waals surface area contributed by atoms with Crippen LogP contribution in [0.3, 0.4) is 0 Å². The molecule has 0 bridgehead atoms. The zero-order valence-corrected chi connectivity index (χ0v) is 15.2. The standard InChI is InChI=1S/C21H19NO3S/c1-26-19-12-5-4-11-18(19)22-20(23)14-25-21(24)13-16-9-6-8-15-7-2-3-10-17(15)16/h2-12H,13-14H2,1H3,(H,22,23). The Morgan fingerprint density at radius 1 is 0.962 bits per heavy atom. The highest BCUT2D eigenvalue weighted by molar-refractivity contribution is 7.98.